The molecular formula is C14H12N2O. The van der Waals surface area contributed by atoms with Gasteiger partial charge in [-0.15, -0.1) is 0 Å². The highest BCUT2D eigenvalue weighted by Crippen LogP contribution is 2.33. The Morgan fingerprint density at radius 2 is 2.00 bits per heavy atom. The molecule has 0 aliphatic carbocycles. The van der Waals surface area contributed by atoms with Crippen molar-refractivity contribution < 1.29 is 4.74 Å². The Labute approximate surface area is 99.1 Å². The summed E-state index contributed by atoms with van der Waals surface area (Å²) in [6.07, 6.45) is 5.55. The van der Waals surface area contributed by atoms with Gasteiger partial charge in [0.1, 0.15) is 5.75 Å². The first-order valence-electron chi connectivity index (χ1n) is 5.44. The average molecular weight is 224 g/mol. The lowest BCUT2D eigenvalue weighted by atomic mass is 10.1. The predicted octanol–water partition coefficient (Wildman–Crippen LogP) is 3.24. The minimum atomic E-state index is 0.838. The van der Waals surface area contributed by atoms with E-state index in [1.54, 1.807) is 13.3 Å². The number of para-hydroxylation sites is 1. The van der Waals surface area contributed by atoms with Crippen LogP contribution < -0.4 is 4.74 Å². The molecule has 2 aromatic heterocycles. The first kappa shape index (κ1) is 9.90. The van der Waals surface area contributed by atoms with Crippen LogP contribution >= 0.6 is 0 Å². The number of fused-ring (bicyclic) bond motifs is 1. The predicted molar refractivity (Wildman–Crippen MR) is 68.1 cm³/mol. The van der Waals surface area contributed by atoms with Gasteiger partial charge in [-0.05, 0) is 12.1 Å². The summed E-state index contributed by atoms with van der Waals surface area (Å²) in [6, 6.07) is 10.1. The minimum absolute atomic E-state index is 0.838. The standard InChI is InChI=1S/C14H12N2O/c1-17-14-6-7-15-8-12(14)11-9-16-13-5-3-2-4-10(11)13/h2-9,16H,1H3. The first-order chi connectivity index (χ1) is 8.40. The van der Waals surface area contributed by atoms with E-state index in [-0.39, 0.29) is 0 Å². The lowest BCUT2D eigenvalue weighted by Gasteiger charge is -2.06. The molecule has 3 nitrogen and oxygen atoms in total. The van der Waals surface area contributed by atoms with Gasteiger partial charge >= 0.3 is 0 Å². The molecule has 3 rings (SSSR count). The minimum Gasteiger partial charge on any atom is -0.496 e. The molecule has 0 fully saturated rings. The Balaban J connectivity index is 2.27. The third kappa shape index (κ3) is 1.56. The number of nitrogens with zero attached hydrogens (tertiary/aromatic N) is 1. The van der Waals surface area contributed by atoms with Crippen LogP contribution in [0.3, 0.4) is 0 Å². The van der Waals surface area contributed by atoms with Crippen LogP contribution in [0.15, 0.2) is 48.9 Å². The monoisotopic (exact) mass is 224 g/mol. The van der Waals surface area contributed by atoms with Crippen molar-refractivity contribution in [1.82, 2.24) is 9.97 Å². The Kier molecular flexibility index (Phi) is 2.29. The summed E-state index contributed by atoms with van der Waals surface area (Å²) in [5.74, 6) is 0.838. The Hall–Kier alpha value is -2.29. The van der Waals surface area contributed by atoms with Gasteiger partial charge in [0.15, 0.2) is 0 Å². The van der Waals surface area contributed by atoms with E-state index in [1.807, 2.05) is 30.6 Å². The van der Waals surface area contributed by atoms with Crippen LogP contribution in [-0.2, 0) is 0 Å². The van der Waals surface area contributed by atoms with Crippen LogP contribution in [0.5, 0.6) is 5.75 Å². The maximum Gasteiger partial charge on any atom is 0.129 e. The molecule has 0 spiro atoms. The molecule has 0 bridgehead atoms. The van der Waals surface area contributed by atoms with E-state index in [4.69, 9.17) is 4.74 Å². The summed E-state index contributed by atoms with van der Waals surface area (Å²) in [6.45, 7) is 0. The van der Waals surface area contributed by atoms with E-state index >= 15 is 0 Å². The molecule has 84 valence electrons. The van der Waals surface area contributed by atoms with Crippen molar-refractivity contribution in [3.8, 4) is 16.9 Å². The summed E-state index contributed by atoms with van der Waals surface area (Å²) in [5.41, 5.74) is 3.24. The number of ether oxygens (including phenoxy) is 1. The first-order valence-corrected chi connectivity index (χ1v) is 5.44. The third-order valence-electron chi connectivity index (χ3n) is 2.88. The van der Waals surface area contributed by atoms with E-state index in [2.05, 4.69) is 22.1 Å². The smallest absolute Gasteiger partial charge is 0.129 e. The zero-order chi connectivity index (χ0) is 11.7. The molecule has 17 heavy (non-hydrogen) atoms. The second-order valence-electron chi connectivity index (χ2n) is 3.82. The number of hydrogen-bond donors (Lipinski definition) is 1. The van der Waals surface area contributed by atoms with Gasteiger partial charge in [-0.2, -0.15) is 0 Å². The number of methoxy groups -OCH3 is 1. The molecule has 3 aromatic rings. The van der Waals surface area contributed by atoms with Crippen LogP contribution in [0.25, 0.3) is 22.0 Å². The second kappa shape index (κ2) is 3.94. The van der Waals surface area contributed by atoms with Crippen LogP contribution in [0.4, 0.5) is 0 Å². The Morgan fingerprint density at radius 1 is 1.12 bits per heavy atom. The fourth-order valence-electron chi connectivity index (χ4n) is 2.06. The number of aromatic nitrogens is 2. The molecule has 0 aliphatic rings. The van der Waals surface area contributed by atoms with Crippen LogP contribution in [0, 0.1) is 0 Å². The number of rotatable bonds is 2. The maximum absolute atomic E-state index is 5.36. The largest absolute Gasteiger partial charge is 0.496 e. The quantitative estimate of drug-likeness (QED) is 0.725. The van der Waals surface area contributed by atoms with Crippen LogP contribution in [0.2, 0.25) is 0 Å². The van der Waals surface area contributed by atoms with Crippen molar-refractivity contribution >= 4 is 10.9 Å². The van der Waals surface area contributed by atoms with Crippen LogP contribution in [-0.4, -0.2) is 17.1 Å². The van der Waals surface area contributed by atoms with Gasteiger partial charge in [-0.25, -0.2) is 0 Å². The van der Waals surface area contributed by atoms with Crippen molar-refractivity contribution in [2.75, 3.05) is 7.11 Å². The highest BCUT2D eigenvalue weighted by molar-refractivity contribution is 5.96. The van der Waals surface area contributed by atoms with E-state index in [0.717, 1.165) is 22.4 Å². The molecule has 1 N–H and O–H groups in total. The summed E-state index contributed by atoms with van der Waals surface area (Å²) in [4.78, 5) is 7.42. The number of hydrogen-bond acceptors (Lipinski definition) is 2. The van der Waals surface area contributed by atoms with Crippen molar-refractivity contribution in [3.05, 3.63) is 48.9 Å². The average Bonchev–Trinajstić information content (AvgIpc) is 2.82. The number of H-pyrrole nitrogens is 1. The SMILES string of the molecule is COc1ccncc1-c1c[nH]c2ccccc12. The molecule has 0 aliphatic heterocycles. The maximum atomic E-state index is 5.36. The van der Waals surface area contributed by atoms with Gasteiger partial charge in [0, 0.05) is 40.6 Å². The zero-order valence-corrected chi connectivity index (χ0v) is 9.47. The number of benzene rings is 1. The summed E-state index contributed by atoms with van der Waals surface area (Å²) < 4.78 is 5.36. The lowest BCUT2D eigenvalue weighted by Crippen LogP contribution is -1.87. The molecule has 0 amide bonds. The molecular weight excluding hydrogens is 212 g/mol. The van der Waals surface area contributed by atoms with Crippen molar-refractivity contribution in [2.24, 2.45) is 0 Å². The normalized spacial score (nSPS) is 10.6. The Morgan fingerprint density at radius 3 is 2.88 bits per heavy atom. The summed E-state index contributed by atoms with van der Waals surface area (Å²) in [7, 11) is 1.67. The third-order valence-corrected chi connectivity index (χ3v) is 2.88. The molecule has 3 heteroatoms. The molecule has 1 aromatic carbocycles. The number of pyridine rings is 1. The highest BCUT2D eigenvalue weighted by atomic mass is 16.5. The van der Waals surface area contributed by atoms with E-state index in [9.17, 15) is 0 Å². The zero-order valence-electron chi connectivity index (χ0n) is 9.47. The molecule has 0 atom stereocenters. The van der Waals surface area contributed by atoms with Gasteiger partial charge in [-0.1, -0.05) is 18.2 Å². The molecule has 0 unspecified atom stereocenters. The van der Waals surface area contributed by atoms with Crippen LogP contribution in [0.1, 0.15) is 0 Å². The second-order valence-corrected chi connectivity index (χ2v) is 3.82. The van der Waals surface area contributed by atoms with Crippen molar-refractivity contribution in [1.29, 1.82) is 0 Å². The number of nitrogens with one attached hydrogen (secondary N) is 1. The fraction of sp³-hybridized carbons (Fsp3) is 0.0714. The van der Waals surface area contributed by atoms with Crippen molar-refractivity contribution in [3.63, 3.8) is 0 Å². The van der Waals surface area contributed by atoms with Gasteiger partial charge in [0.05, 0.1) is 7.11 Å². The number of aromatic amines is 1. The topological polar surface area (TPSA) is 37.9 Å². The molecule has 0 radical (unpaired) electrons. The van der Waals surface area contributed by atoms with Gasteiger partial charge in [0.2, 0.25) is 0 Å². The molecule has 2 heterocycles. The van der Waals surface area contributed by atoms with E-state index in [0.29, 0.717) is 0 Å². The van der Waals surface area contributed by atoms with Crippen molar-refractivity contribution in [2.45, 2.75) is 0 Å². The van der Waals surface area contributed by atoms with Gasteiger partial charge in [0.25, 0.3) is 0 Å². The fourth-order valence-corrected chi connectivity index (χ4v) is 2.06. The van der Waals surface area contributed by atoms with Gasteiger partial charge < -0.3 is 9.72 Å². The van der Waals surface area contributed by atoms with Gasteiger partial charge in [-0.3, -0.25) is 4.98 Å². The summed E-state index contributed by atoms with van der Waals surface area (Å²) >= 11 is 0. The Bertz CT molecular complexity index is 658. The van der Waals surface area contributed by atoms with E-state index in [1.165, 1.54) is 5.39 Å². The molecule has 0 saturated carbocycles. The van der Waals surface area contributed by atoms with E-state index < -0.39 is 0 Å². The highest BCUT2D eigenvalue weighted by Gasteiger charge is 2.10. The molecule has 0 saturated heterocycles. The summed E-state index contributed by atoms with van der Waals surface area (Å²) in [5, 5.41) is 1.18. The lowest BCUT2D eigenvalue weighted by molar-refractivity contribution is 0.416.